The Morgan fingerprint density at radius 2 is 1.75 bits per heavy atom. The first-order valence-electron chi connectivity index (χ1n) is 7.11. The van der Waals surface area contributed by atoms with Crippen LogP contribution in [0.3, 0.4) is 0 Å². The van der Waals surface area contributed by atoms with E-state index in [-0.39, 0.29) is 11.5 Å². The molecule has 1 unspecified atom stereocenters. The standard InChI is InChI=1S/C18H24N2/c1-14-8-7-9-15(12-14)13-17(20-19)18(2,3)16-10-5-4-6-11-16/h4-12,17,20H,13,19H2,1-3H3. The molecule has 2 heteroatoms. The predicted molar refractivity (Wildman–Crippen MR) is 85.5 cm³/mol. The number of hydrogen-bond acceptors (Lipinski definition) is 2. The zero-order chi connectivity index (χ0) is 14.6. The lowest BCUT2D eigenvalue weighted by Gasteiger charge is -2.34. The summed E-state index contributed by atoms with van der Waals surface area (Å²) < 4.78 is 0. The van der Waals surface area contributed by atoms with Crippen LogP contribution < -0.4 is 11.3 Å². The van der Waals surface area contributed by atoms with Gasteiger partial charge in [-0.05, 0) is 24.5 Å². The highest BCUT2D eigenvalue weighted by atomic mass is 15.2. The van der Waals surface area contributed by atoms with Gasteiger partial charge in [0.05, 0.1) is 0 Å². The van der Waals surface area contributed by atoms with E-state index in [1.165, 1.54) is 16.7 Å². The van der Waals surface area contributed by atoms with Crippen LogP contribution >= 0.6 is 0 Å². The molecule has 2 aromatic carbocycles. The fourth-order valence-electron chi connectivity index (χ4n) is 2.67. The molecule has 0 aliphatic heterocycles. The number of benzene rings is 2. The summed E-state index contributed by atoms with van der Waals surface area (Å²) in [7, 11) is 0. The van der Waals surface area contributed by atoms with Gasteiger partial charge in [-0.3, -0.25) is 11.3 Å². The van der Waals surface area contributed by atoms with Crippen molar-refractivity contribution in [3.8, 4) is 0 Å². The Labute approximate surface area is 122 Å². The van der Waals surface area contributed by atoms with E-state index >= 15 is 0 Å². The summed E-state index contributed by atoms with van der Waals surface area (Å²) >= 11 is 0. The van der Waals surface area contributed by atoms with Gasteiger partial charge in [-0.2, -0.15) is 0 Å². The first kappa shape index (κ1) is 14.8. The molecule has 0 aliphatic carbocycles. The molecule has 2 nitrogen and oxygen atoms in total. The van der Waals surface area contributed by atoms with Gasteiger partial charge in [0.2, 0.25) is 0 Å². The first-order valence-corrected chi connectivity index (χ1v) is 7.11. The summed E-state index contributed by atoms with van der Waals surface area (Å²) in [4.78, 5) is 0. The van der Waals surface area contributed by atoms with Crippen LogP contribution in [0.1, 0.15) is 30.5 Å². The fourth-order valence-corrected chi connectivity index (χ4v) is 2.67. The number of nitrogens with two attached hydrogens (primary N) is 1. The minimum absolute atomic E-state index is 0.0280. The quantitative estimate of drug-likeness (QED) is 0.644. The SMILES string of the molecule is Cc1cccc(CC(NN)C(C)(C)c2ccccc2)c1. The second-order valence-corrected chi connectivity index (χ2v) is 6.00. The molecule has 0 fully saturated rings. The van der Waals surface area contributed by atoms with Crippen LogP contribution in [0.15, 0.2) is 54.6 Å². The molecule has 0 spiro atoms. The third-order valence-electron chi connectivity index (χ3n) is 4.11. The lowest BCUT2D eigenvalue weighted by atomic mass is 9.75. The maximum absolute atomic E-state index is 5.83. The molecule has 0 saturated carbocycles. The molecule has 0 saturated heterocycles. The highest BCUT2D eigenvalue weighted by Gasteiger charge is 2.30. The Morgan fingerprint density at radius 1 is 1.05 bits per heavy atom. The van der Waals surface area contributed by atoms with Crippen molar-refractivity contribution in [2.45, 2.75) is 38.6 Å². The van der Waals surface area contributed by atoms with Gasteiger partial charge in [0.1, 0.15) is 0 Å². The van der Waals surface area contributed by atoms with E-state index in [0.717, 1.165) is 6.42 Å². The largest absolute Gasteiger partial charge is 0.271 e. The van der Waals surface area contributed by atoms with E-state index in [1.807, 2.05) is 6.07 Å². The van der Waals surface area contributed by atoms with Crippen LogP contribution in [-0.2, 0) is 11.8 Å². The van der Waals surface area contributed by atoms with Crippen molar-refractivity contribution < 1.29 is 0 Å². The lowest BCUT2D eigenvalue weighted by molar-refractivity contribution is 0.341. The Hall–Kier alpha value is -1.64. The van der Waals surface area contributed by atoms with E-state index in [0.29, 0.717) is 0 Å². The molecule has 1 atom stereocenters. The third-order valence-corrected chi connectivity index (χ3v) is 4.11. The maximum atomic E-state index is 5.83. The van der Waals surface area contributed by atoms with Crippen molar-refractivity contribution in [1.82, 2.24) is 5.43 Å². The maximum Gasteiger partial charge on any atom is 0.0342 e. The minimum atomic E-state index is -0.0280. The van der Waals surface area contributed by atoms with Gasteiger partial charge in [-0.1, -0.05) is 74.0 Å². The molecule has 2 aromatic rings. The van der Waals surface area contributed by atoms with Crippen LogP contribution in [0, 0.1) is 6.92 Å². The molecular formula is C18H24N2. The Bertz CT molecular complexity index is 546. The number of nitrogens with one attached hydrogen (secondary N) is 1. The Kier molecular flexibility index (Phi) is 4.58. The molecule has 0 aromatic heterocycles. The van der Waals surface area contributed by atoms with Crippen LogP contribution in [-0.4, -0.2) is 6.04 Å². The topological polar surface area (TPSA) is 38.0 Å². The van der Waals surface area contributed by atoms with Gasteiger partial charge in [0, 0.05) is 11.5 Å². The lowest BCUT2D eigenvalue weighted by Crippen LogP contribution is -2.49. The molecule has 0 radical (unpaired) electrons. The summed E-state index contributed by atoms with van der Waals surface area (Å²) in [6.07, 6.45) is 0.917. The van der Waals surface area contributed by atoms with Gasteiger partial charge in [0.15, 0.2) is 0 Å². The van der Waals surface area contributed by atoms with Gasteiger partial charge in [-0.25, -0.2) is 0 Å². The van der Waals surface area contributed by atoms with E-state index in [2.05, 4.69) is 74.7 Å². The predicted octanol–water partition coefficient (Wildman–Crippen LogP) is 3.35. The van der Waals surface area contributed by atoms with E-state index in [4.69, 9.17) is 5.84 Å². The van der Waals surface area contributed by atoms with E-state index in [1.54, 1.807) is 0 Å². The Morgan fingerprint density at radius 3 is 2.35 bits per heavy atom. The summed E-state index contributed by atoms with van der Waals surface area (Å²) in [5.74, 6) is 5.83. The number of hydrogen-bond donors (Lipinski definition) is 2. The third kappa shape index (κ3) is 3.27. The second kappa shape index (κ2) is 6.21. The minimum Gasteiger partial charge on any atom is -0.271 e. The smallest absolute Gasteiger partial charge is 0.0342 e. The van der Waals surface area contributed by atoms with E-state index < -0.39 is 0 Å². The van der Waals surface area contributed by atoms with Crippen molar-refractivity contribution >= 4 is 0 Å². The Balaban J connectivity index is 2.23. The molecule has 20 heavy (non-hydrogen) atoms. The average Bonchev–Trinajstić information content (AvgIpc) is 2.45. The van der Waals surface area contributed by atoms with Crippen LogP contribution in [0.5, 0.6) is 0 Å². The average molecular weight is 268 g/mol. The molecule has 0 heterocycles. The van der Waals surface area contributed by atoms with Gasteiger partial charge >= 0.3 is 0 Å². The van der Waals surface area contributed by atoms with Crippen molar-refractivity contribution in [3.63, 3.8) is 0 Å². The normalized spacial score (nSPS) is 13.2. The number of hydrazine groups is 1. The van der Waals surface area contributed by atoms with Crippen LogP contribution in [0.2, 0.25) is 0 Å². The van der Waals surface area contributed by atoms with Crippen molar-refractivity contribution in [2.24, 2.45) is 5.84 Å². The van der Waals surface area contributed by atoms with Crippen molar-refractivity contribution in [2.75, 3.05) is 0 Å². The zero-order valence-electron chi connectivity index (χ0n) is 12.6. The molecule has 0 aliphatic rings. The second-order valence-electron chi connectivity index (χ2n) is 6.00. The highest BCUT2D eigenvalue weighted by molar-refractivity contribution is 5.29. The van der Waals surface area contributed by atoms with Crippen molar-refractivity contribution in [3.05, 3.63) is 71.3 Å². The van der Waals surface area contributed by atoms with Crippen LogP contribution in [0.4, 0.5) is 0 Å². The first-order chi connectivity index (χ1) is 9.54. The summed E-state index contributed by atoms with van der Waals surface area (Å²) in [6.45, 7) is 6.60. The zero-order valence-corrected chi connectivity index (χ0v) is 12.6. The van der Waals surface area contributed by atoms with Gasteiger partial charge < -0.3 is 0 Å². The molecular weight excluding hydrogens is 244 g/mol. The summed E-state index contributed by atoms with van der Waals surface area (Å²) in [6, 6.07) is 19.3. The summed E-state index contributed by atoms with van der Waals surface area (Å²) in [5.41, 5.74) is 6.89. The monoisotopic (exact) mass is 268 g/mol. The van der Waals surface area contributed by atoms with E-state index in [9.17, 15) is 0 Å². The van der Waals surface area contributed by atoms with Crippen LogP contribution in [0.25, 0.3) is 0 Å². The molecule has 106 valence electrons. The fraction of sp³-hybridized carbons (Fsp3) is 0.333. The van der Waals surface area contributed by atoms with Gasteiger partial charge in [0.25, 0.3) is 0 Å². The molecule has 0 amide bonds. The molecule has 2 rings (SSSR count). The summed E-state index contributed by atoms with van der Waals surface area (Å²) in [5, 5.41) is 0. The molecule has 0 bridgehead atoms. The number of aryl methyl sites for hydroxylation is 1. The molecule has 3 N–H and O–H groups in total. The van der Waals surface area contributed by atoms with Gasteiger partial charge in [-0.15, -0.1) is 0 Å². The highest BCUT2D eigenvalue weighted by Crippen LogP contribution is 2.28. The van der Waals surface area contributed by atoms with Crippen molar-refractivity contribution in [1.29, 1.82) is 0 Å². The number of rotatable bonds is 5.